The lowest BCUT2D eigenvalue weighted by Gasteiger charge is -2.32. The van der Waals surface area contributed by atoms with Crippen LogP contribution in [0.4, 0.5) is 14.7 Å². The molecule has 202 valence electrons. The van der Waals surface area contributed by atoms with E-state index in [2.05, 4.69) is 43.8 Å². The van der Waals surface area contributed by atoms with Crippen LogP contribution in [-0.2, 0) is 6.42 Å². The molecule has 0 bridgehead atoms. The molecule has 3 heterocycles. The van der Waals surface area contributed by atoms with Crippen molar-refractivity contribution in [1.82, 2.24) is 25.4 Å². The second-order valence-corrected chi connectivity index (χ2v) is 9.22. The third-order valence-corrected chi connectivity index (χ3v) is 6.40. The van der Waals surface area contributed by atoms with Gasteiger partial charge in [-0.2, -0.15) is 4.98 Å². The van der Waals surface area contributed by atoms with Crippen LogP contribution in [-0.4, -0.2) is 52.3 Å². The Labute approximate surface area is 220 Å². The minimum absolute atomic E-state index is 0.0677. The molecule has 0 radical (unpaired) electrons. The molecule has 1 amide bonds. The zero-order valence-corrected chi connectivity index (χ0v) is 21.5. The second-order valence-electron chi connectivity index (χ2n) is 9.22. The van der Waals surface area contributed by atoms with Gasteiger partial charge >= 0.3 is 0 Å². The summed E-state index contributed by atoms with van der Waals surface area (Å²) in [6.45, 7) is 7.66. The molecule has 1 fully saturated rings. The predicted octanol–water partition coefficient (Wildman–Crippen LogP) is 4.75. The van der Waals surface area contributed by atoms with E-state index in [1.54, 1.807) is 12.4 Å². The van der Waals surface area contributed by atoms with E-state index in [1.807, 2.05) is 0 Å². The van der Waals surface area contributed by atoms with E-state index in [9.17, 15) is 13.6 Å². The number of amides is 1. The summed E-state index contributed by atoms with van der Waals surface area (Å²) in [5.41, 5.74) is 0.0978. The topological polar surface area (TPSA) is 106 Å². The molecular weight excluding hydrogens is 494 g/mol. The second kappa shape index (κ2) is 13.1. The number of nitrogens with one attached hydrogen (secondary N) is 1. The maximum absolute atomic E-state index is 14.3. The number of benzene rings is 1. The van der Waals surface area contributed by atoms with Crippen LogP contribution in [0.15, 0.2) is 41.7 Å². The Bertz CT molecular complexity index is 1200. The van der Waals surface area contributed by atoms with Crippen molar-refractivity contribution in [3.8, 4) is 17.1 Å². The Kier molecular flexibility index (Phi) is 9.34. The summed E-state index contributed by atoms with van der Waals surface area (Å²) < 4.78 is 39.3. The van der Waals surface area contributed by atoms with Gasteiger partial charge in [0.1, 0.15) is 22.9 Å². The number of carbonyl (C=O) groups excluding carboxylic acids is 1. The summed E-state index contributed by atoms with van der Waals surface area (Å²) in [5.74, 6) is -0.361. The van der Waals surface area contributed by atoms with Crippen molar-refractivity contribution >= 4 is 11.9 Å². The van der Waals surface area contributed by atoms with E-state index in [1.165, 1.54) is 6.08 Å². The van der Waals surface area contributed by atoms with Gasteiger partial charge in [0.15, 0.2) is 0 Å². The first-order valence-corrected chi connectivity index (χ1v) is 12.9. The molecule has 1 saturated heterocycles. The average Bonchev–Trinajstić information content (AvgIpc) is 3.39. The quantitative estimate of drug-likeness (QED) is 0.266. The SMILES string of the molecule is C=CCNC(=O)c1c(F)cc(OCCCC2CCN(c3ncc(-c4noc(CCC)n4)cn3)CC2)cc1F. The molecule has 2 aromatic heterocycles. The van der Waals surface area contributed by atoms with E-state index in [4.69, 9.17) is 9.26 Å². The number of aryl methyl sites for hydroxylation is 1. The van der Waals surface area contributed by atoms with Gasteiger partial charge in [-0.3, -0.25) is 4.79 Å². The molecule has 1 aromatic carbocycles. The molecule has 0 aliphatic carbocycles. The van der Waals surface area contributed by atoms with Crippen LogP contribution in [0, 0.1) is 17.6 Å². The van der Waals surface area contributed by atoms with Gasteiger partial charge in [-0.05, 0) is 38.0 Å². The van der Waals surface area contributed by atoms with Crippen molar-refractivity contribution in [3.63, 3.8) is 0 Å². The Hall–Kier alpha value is -3.89. The van der Waals surface area contributed by atoms with Crippen LogP contribution in [0.3, 0.4) is 0 Å². The van der Waals surface area contributed by atoms with E-state index in [0.717, 1.165) is 69.3 Å². The lowest BCUT2D eigenvalue weighted by atomic mass is 9.92. The lowest BCUT2D eigenvalue weighted by Crippen LogP contribution is -2.34. The number of nitrogens with zero attached hydrogens (tertiary/aromatic N) is 5. The molecule has 0 saturated carbocycles. The number of piperidine rings is 1. The Morgan fingerprint density at radius 2 is 1.95 bits per heavy atom. The summed E-state index contributed by atoms with van der Waals surface area (Å²) in [4.78, 5) is 27.4. The molecule has 1 aliphatic heterocycles. The molecule has 38 heavy (non-hydrogen) atoms. The summed E-state index contributed by atoms with van der Waals surface area (Å²) in [5, 5.41) is 6.36. The van der Waals surface area contributed by atoms with Crippen molar-refractivity contribution in [3.05, 3.63) is 60.3 Å². The summed E-state index contributed by atoms with van der Waals surface area (Å²) in [6.07, 6.45) is 10.2. The fraction of sp³-hybridized carbons (Fsp3) is 0.444. The van der Waals surface area contributed by atoms with Crippen molar-refractivity contribution in [1.29, 1.82) is 0 Å². The van der Waals surface area contributed by atoms with E-state index in [-0.39, 0.29) is 12.3 Å². The Morgan fingerprint density at radius 3 is 2.61 bits per heavy atom. The third kappa shape index (κ3) is 6.90. The number of carbonyl (C=O) groups is 1. The predicted molar refractivity (Wildman–Crippen MR) is 138 cm³/mol. The zero-order chi connectivity index (χ0) is 26.9. The highest BCUT2D eigenvalue weighted by atomic mass is 19.1. The molecule has 1 N–H and O–H groups in total. The minimum Gasteiger partial charge on any atom is -0.493 e. The molecule has 11 heteroatoms. The fourth-order valence-corrected chi connectivity index (χ4v) is 4.37. The van der Waals surface area contributed by atoms with Crippen LogP contribution >= 0.6 is 0 Å². The van der Waals surface area contributed by atoms with Crippen molar-refractivity contribution < 1.29 is 22.8 Å². The largest absolute Gasteiger partial charge is 0.493 e. The van der Waals surface area contributed by atoms with E-state index >= 15 is 0 Å². The smallest absolute Gasteiger partial charge is 0.257 e. The van der Waals surface area contributed by atoms with Crippen molar-refractivity contribution in [2.75, 3.05) is 31.1 Å². The van der Waals surface area contributed by atoms with Gasteiger partial charge in [0.2, 0.25) is 17.7 Å². The van der Waals surface area contributed by atoms with Gasteiger partial charge in [-0.1, -0.05) is 18.2 Å². The van der Waals surface area contributed by atoms with Gasteiger partial charge in [0.25, 0.3) is 5.91 Å². The van der Waals surface area contributed by atoms with Crippen LogP contribution < -0.4 is 15.0 Å². The highest BCUT2D eigenvalue weighted by Crippen LogP contribution is 2.26. The first-order valence-electron chi connectivity index (χ1n) is 12.9. The number of halogens is 2. The molecule has 4 rings (SSSR count). The highest BCUT2D eigenvalue weighted by Gasteiger charge is 2.22. The maximum Gasteiger partial charge on any atom is 0.257 e. The number of hydrogen-bond acceptors (Lipinski definition) is 8. The van der Waals surface area contributed by atoms with E-state index < -0.39 is 23.1 Å². The first kappa shape index (κ1) is 27.2. The maximum atomic E-state index is 14.3. The monoisotopic (exact) mass is 526 g/mol. The number of anilines is 1. The summed E-state index contributed by atoms with van der Waals surface area (Å²) >= 11 is 0. The Balaban J connectivity index is 1.19. The fourth-order valence-electron chi connectivity index (χ4n) is 4.37. The normalized spacial score (nSPS) is 13.9. The van der Waals surface area contributed by atoms with Crippen LogP contribution in [0.2, 0.25) is 0 Å². The highest BCUT2D eigenvalue weighted by molar-refractivity contribution is 5.95. The number of rotatable bonds is 12. The van der Waals surface area contributed by atoms with Gasteiger partial charge < -0.3 is 19.5 Å². The molecule has 9 nitrogen and oxygen atoms in total. The molecule has 0 unspecified atom stereocenters. The standard InChI is InChI=1S/C27H32F2N6O3/c1-3-6-23-33-25(34-38-23)19-16-31-27(32-17-19)35-11-8-18(9-12-35)7-5-13-37-20-14-21(28)24(22(29)15-20)26(36)30-10-4-2/h4,14-18H,2-3,5-13H2,1H3,(H,30,36). The van der Waals surface area contributed by atoms with Gasteiger partial charge in [0.05, 0.1) is 12.2 Å². The molecule has 0 atom stereocenters. The first-order chi connectivity index (χ1) is 18.5. The van der Waals surface area contributed by atoms with Crippen LogP contribution in [0.5, 0.6) is 5.75 Å². The van der Waals surface area contributed by atoms with Gasteiger partial charge in [-0.25, -0.2) is 18.7 Å². The summed E-state index contributed by atoms with van der Waals surface area (Å²) in [6, 6.07) is 2.08. The van der Waals surface area contributed by atoms with Crippen LogP contribution in [0.1, 0.15) is 55.3 Å². The van der Waals surface area contributed by atoms with E-state index in [0.29, 0.717) is 30.2 Å². The van der Waals surface area contributed by atoms with Gasteiger partial charge in [0, 0.05) is 50.6 Å². The zero-order valence-electron chi connectivity index (χ0n) is 21.5. The number of ether oxygens (including phenoxy) is 1. The van der Waals surface area contributed by atoms with Crippen molar-refractivity contribution in [2.45, 2.75) is 45.4 Å². The average molecular weight is 527 g/mol. The minimum atomic E-state index is -0.956. The van der Waals surface area contributed by atoms with Crippen LogP contribution in [0.25, 0.3) is 11.4 Å². The number of hydrogen-bond donors (Lipinski definition) is 1. The molecule has 0 spiro atoms. The van der Waals surface area contributed by atoms with Crippen molar-refractivity contribution in [2.24, 2.45) is 5.92 Å². The lowest BCUT2D eigenvalue weighted by molar-refractivity contribution is 0.0949. The van der Waals surface area contributed by atoms with Gasteiger partial charge in [-0.15, -0.1) is 6.58 Å². The Morgan fingerprint density at radius 1 is 1.24 bits per heavy atom. The third-order valence-electron chi connectivity index (χ3n) is 6.40. The molecule has 1 aliphatic rings. The molecule has 3 aromatic rings. The molecular formula is C27H32F2N6O3. The number of aromatic nitrogens is 4. The summed E-state index contributed by atoms with van der Waals surface area (Å²) in [7, 11) is 0.